The van der Waals surface area contributed by atoms with Crippen molar-refractivity contribution >= 4 is 70.2 Å². The second-order valence-corrected chi connectivity index (χ2v) is 20.4. The van der Waals surface area contributed by atoms with Crippen LogP contribution in [0.5, 0.6) is 0 Å². The highest BCUT2D eigenvalue weighted by Gasteiger charge is 2.51. The third-order valence-electron chi connectivity index (χ3n) is 14.6. The number of halogens is 3. The fourth-order valence-corrected chi connectivity index (χ4v) is 10.6. The minimum Gasteiger partial charge on any atom is -0.481 e. The second kappa shape index (κ2) is 31.3. The van der Waals surface area contributed by atoms with Crippen LogP contribution in [0.3, 0.4) is 0 Å². The summed E-state index contributed by atoms with van der Waals surface area (Å²) in [6.45, 7) is 5.81. The van der Waals surface area contributed by atoms with E-state index >= 15 is 4.39 Å². The molecule has 4 N–H and O–H groups in total. The van der Waals surface area contributed by atoms with Crippen LogP contribution in [0.25, 0.3) is 22.3 Å². The van der Waals surface area contributed by atoms with E-state index in [1.54, 1.807) is 19.9 Å². The maximum Gasteiger partial charge on any atom is 0.355 e. The molecule has 2 aromatic heterocycles. The molecule has 6 amide bonds. The lowest BCUT2D eigenvalue weighted by Gasteiger charge is -2.35. The van der Waals surface area contributed by atoms with Gasteiger partial charge >= 0.3 is 23.9 Å². The highest BCUT2D eigenvalue weighted by Crippen LogP contribution is 2.44. The van der Waals surface area contributed by atoms with Crippen molar-refractivity contribution in [2.45, 2.75) is 148 Å². The quantitative estimate of drug-likeness (QED) is 0.0398. The van der Waals surface area contributed by atoms with E-state index < -0.39 is 96.6 Å². The Morgan fingerprint density at radius 1 is 0.812 bits per heavy atom. The Kier molecular flexibility index (Phi) is 24.4. The van der Waals surface area contributed by atoms with Crippen LogP contribution in [-0.4, -0.2) is 162 Å². The van der Waals surface area contributed by atoms with Crippen LogP contribution in [0.1, 0.15) is 131 Å². The number of pyridine rings is 2. The minimum absolute atomic E-state index is 0.0159. The van der Waals surface area contributed by atoms with Crippen LogP contribution in [0.15, 0.2) is 16.9 Å². The van der Waals surface area contributed by atoms with Crippen LogP contribution in [0, 0.1) is 12.7 Å². The zero-order chi connectivity index (χ0) is 62.0. The van der Waals surface area contributed by atoms with E-state index in [1.165, 1.54) is 17.1 Å². The number of carboxylic acid groups (broad SMARTS) is 1. The van der Waals surface area contributed by atoms with Crippen LogP contribution in [0.4, 0.5) is 13.2 Å². The summed E-state index contributed by atoms with van der Waals surface area (Å²) in [7, 11) is 0. The summed E-state index contributed by atoms with van der Waals surface area (Å²) < 4.78 is 63.5. The first-order valence-electron chi connectivity index (χ1n) is 28.3. The molecule has 1 aromatic carbocycles. The topological polar surface area (TPSA) is 324 Å². The van der Waals surface area contributed by atoms with Crippen molar-refractivity contribution in [2.24, 2.45) is 0 Å². The lowest BCUT2D eigenvalue weighted by Crippen LogP contribution is -2.54. The van der Waals surface area contributed by atoms with Crippen LogP contribution in [0.2, 0.25) is 0 Å². The van der Waals surface area contributed by atoms with Crippen molar-refractivity contribution in [3.05, 3.63) is 61.7 Å². The predicted octanol–water partition coefficient (Wildman–Crippen LogP) is 3.27. The summed E-state index contributed by atoms with van der Waals surface area (Å²) in [5.41, 5.74) is 2.21. The molecule has 0 unspecified atom stereocenters. The average Bonchev–Trinajstić information content (AvgIpc) is 1.74. The summed E-state index contributed by atoms with van der Waals surface area (Å²) in [6, 6.07) is 0.293. The van der Waals surface area contributed by atoms with E-state index in [0.29, 0.717) is 46.8 Å². The van der Waals surface area contributed by atoms with Crippen molar-refractivity contribution in [1.29, 1.82) is 0 Å². The van der Waals surface area contributed by atoms with E-state index in [0.717, 1.165) is 33.4 Å². The Hall–Kier alpha value is -7.85. The molecular formula is C57H72F3N7O18. The van der Waals surface area contributed by atoms with Gasteiger partial charge in [0, 0.05) is 67.8 Å². The zero-order valence-corrected chi connectivity index (χ0v) is 48.0. The van der Waals surface area contributed by atoms with Gasteiger partial charge in [-0.25, -0.2) is 27.7 Å². The number of nitrogens with zero attached hydrogens (tertiary/aromatic N) is 4. The van der Waals surface area contributed by atoms with Crippen molar-refractivity contribution in [3.8, 4) is 11.4 Å². The number of carbonyl (C=O) groups is 10. The molecule has 0 radical (unpaired) electrons. The molecule has 4 aliphatic heterocycles. The first kappa shape index (κ1) is 66.3. The molecule has 85 heavy (non-hydrogen) atoms. The summed E-state index contributed by atoms with van der Waals surface area (Å²) >= 11 is 0. The maximum atomic E-state index is 15.1. The largest absolute Gasteiger partial charge is 0.481 e. The molecule has 3 aromatic rings. The lowest BCUT2D eigenvalue weighted by atomic mass is 9.84. The first-order valence-corrected chi connectivity index (χ1v) is 28.3. The summed E-state index contributed by atoms with van der Waals surface area (Å²) in [5, 5.41) is 18.5. The number of nitrogens with one attached hydrogen (secondary N) is 3. The number of imide groups is 1. The van der Waals surface area contributed by atoms with Crippen LogP contribution >= 0.6 is 0 Å². The molecule has 2 fully saturated rings. The molecular weight excluding hydrogens is 1130 g/mol. The number of likely N-dealkylation sites (tertiary alicyclic amines) is 1. The second-order valence-electron chi connectivity index (χ2n) is 20.4. The van der Waals surface area contributed by atoms with Gasteiger partial charge in [0.25, 0.3) is 17.4 Å². The summed E-state index contributed by atoms with van der Waals surface area (Å²) in [4.78, 5) is 151. The number of alkyl halides is 2. The van der Waals surface area contributed by atoms with Crippen LogP contribution < -0.4 is 21.5 Å². The number of aliphatic carboxylic acids is 1. The van der Waals surface area contributed by atoms with E-state index in [-0.39, 0.29) is 140 Å². The molecule has 8 rings (SSSR count). The molecule has 6 heterocycles. The molecule has 3 atom stereocenters. The number of benzene rings is 1. The van der Waals surface area contributed by atoms with E-state index in [2.05, 4.69) is 29.8 Å². The number of amides is 6. The van der Waals surface area contributed by atoms with Gasteiger partial charge in [-0.3, -0.25) is 43.2 Å². The Morgan fingerprint density at radius 3 is 2.14 bits per heavy atom. The number of cyclic esters (lactones) is 1. The fourth-order valence-electron chi connectivity index (χ4n) is 10.6. The molecule has 0 spiro atoms. The maximum absolute atomic E-state index is 15.1. The van der Waals surface area contributed by atoms with Crippen molar-refractivity contribution in [1.82, 2.24) is 35.5 Å². The predicted molar refractivity (Wildman–Crippen MR) is 291 cm³/mol. The number of carbonyl (C=O) groups excluding carboxylic acids is 9. The first-order chi connectivity index (χ1) is 40.7. The Balaban J connectivity index is 0.00000185. The highest BCUT2D eigenvalue weighted by molar-refractivity contribution is 6.02. The van der Waals surface area contributed by atoms with Gasteiger partial charge in [-0.05, 0) is 74.6 Å². The van der Waals surface area contributed by atoms with E-state index in [1.807, 2.05) is 0 Å². The van der Waals surface area contributed by atoms with Crippen molar-refractivity contribution < 1.29 is 94.7 Å². The third-order valence-corrected chi connectivity index (χ3v) is 14.6. The van der Waals surface area contributed by atoms with Gasteiger partial charge in [-0.2, -0.15) is 0 Å². The average molecular weight is 1200 g/mol. The number of ether oxygens (including phenoxy) is 5. The number of aromatic nitrogens is 2. The van der Waals surface area contributed by atoms with E-state index in [9.17, 15) is 66.6 Å². The third kappa shape index (κ3) is 16.3. The standard InChI is InChI=1S/C53H62FN7O18.C3H8.CH2F2/c1-3-53(34-23-39-48-32(27-60(39)50(71)33(34)28-77-52(53)73)31-8-4-7-30-29(2)35(54)24-36(58-48)47(30)31)78-46(69)26-56-49(70)38-9-6-16-59(38)51(72)37(25-44(66)67)57-41(63)14-17-74-19-21-76-22-20-75-18-15-55-40(62)10-5-11-45(68)79-61-42(64)12-13-43(61)65;1-3-2;2-1-3/h23-24,37-38H,3-22,25-28H2,1-2H3,(H,55,62)(H,56,70)(H,57,63)(H,66,67);3H2,1-2H3;1H2/t37-,38-,53-;;/m0../s1. The zero-order valence-electron chi connectivity index (χ0n) is 48.0. The number of rotatable bonds is 26. The van der Waals surface area contributed by atoms with Crippen molar-refractivity contribution in [2.75, 3.05) is 66.2 Å². The minimum atomic E-state index is -2.09. The molecule has 1 aliphatic carbocycles. The van der Waals surface area contributed by atoms with Gasteiger partial charge in [-0.15, -0.1) is 5.06 Å². The molecule has 28 heteroatoms. The van der Waals surface area contributed by atoms with Gasteiger partial charge in [0.2, 0.25) is 36.2 Å². The van der Waals surface area contributed by atoms with Gasteiger partial charge in [0.1, 0.15) is 31.1 Å². The van der Waals surface area contributed by atoms with Crippen LogP contribution in [-0.2, 0) is 108 Å². The number of carboxylic acids is 1. The molecule has 25 nitrogen and oxygen atoms in total. The normalized spacial score (nSPS) is 17.5. The van der Waals surface area contributed by atoms with E-state index in [4.69, 9.17) is 33.5 Å². The summed E-state index contributed by atoms with van der Waals surface area (Å²) in [5.74, 6) is -8.35. The fraction of sp³-hybridized carbons (Fsp3) is 0.579. The molecule has 5 aliphatic rings. The number of hydroxylamine groups is 2. The summed E-state index contributed by atoms with van der Waals surface area (Å²) in [6.07, 6.45) is 2.73. The van der Waals surface area contributed by atoms with Gasteiger partial charge < -0.3 is 59.0 Å². The number of hydrogen-bond acceptors (Lipinski definition) is 18. The number of aryl methyl sites for hydroxylation is 2. The Bertz CT molecular complexity index is 3070. The molecule has 0 bridgehead atoms. The molecule has 464 valence electrons. The highest BCUT2D eigenvalue weighted by atomic mass is 19.3. The lowest BCUT2D eigenvalue weighted by molar-refractivity contribution is -0.197. The SMILES string of the molecule is CCC.CC[C@@]1(OC(=O)CNC(=O)[C@@H]2CCCN2C(=O)[C@H](CC(=O)O)NC(=O)CCOCCOCCOCCNC(=O)CCCC(=O)ON2C(=O)CCC2=O)C(=O)OCc2c1cc1n(c2=O)Cc2c-1nc1cc(F)c(C)c3c1c2CCC3.FCF. The number of fused-ring (bicyclic) bond motifs is 5. The van der Waals surface area contributed by atoms with Gasteiger partial charge in [-0.1, -0.05) is 27.2 Å². The molecule has 0 saturated carbocycles. The van der Waals surface area contributed by atoms with Gasteiger partial charge in [0.05, 0.1) is 75.1 Å². The van der Waals surface area contributed by atoms with Gasteiger partial charge in [0.15, 0.2) is 0 Å². The van der Waals surface area contributed by atoms with Crippen molar-refractivity contribution in [3.63, 3.8) is 0 Å². The molecule has 2 saturated heterocycles. The number of esters is 2. The Morgan fingerprint density at radius 2 is 1.47 bits per heavy atom. The smallest absolute Gasteiger partial charge is 0.355 e. The number of hydrogen-bond donors (Lipinski definition) is 4. The monoisotopic (exact) mass is 1200 g/mol. The Labute approximate surface area is 486 Å².